The first-order valence-electron chi connectivity index (χ1n) is 7.86. The van der Waals surface area contributed by atoms with Gasteiger partial charge in [0.25, 0.3) is 5.91 Å². The van der Waals surface area contributed by atoms with Crippen LogP contribution in [0.1, 0.15) is 10.6 Å². The highest BCUT2D eigenvalue weighted by molar-refractivity contribution is 7.14. The molecule has 0 spiro atoms. The smallest absolute Gasteiger partial charge is 0.293 e. The topological polar surface area (TPSA) is 55.1 Å². The molecule has 128 valence electrons. The fourth-order valence-electron chi connectivity index (χ4n) is 2.60. The van der Waals surface area contributed by atoms with Gasteiger partial charge in [-0.2, -0.15) is 0 Å². The molecule has 0 aliphatic heterocycles. The van der Waals surface area contributed by atoms with E-state index in [0.717, 1.165) is 5.56 Å². The predicted octanol–water partition coefficient (Wildman–Crippen LogP) is 5.46. The Kier molecular flexibility index (Phi) is 4.33. The average molecular weight is 364 g/mol. The van der Waals surface area contributed by atoms with Gasteiger partial charge in [-0.15, -0.1) is 11.3 Å². The van der Waals surface area contributed by atoms with Crippen LogP contribution in [0.25, 0.3) is 22.4 Å². The molecule has 26 heavy (non-hydrogen) atoms. The number of amides is 1. The van der Waals surface area contributed by atoms with Crippen LogP contribution in [0.5, 0.6) is 0 Å². The summed E-state index contributed by atoms with van der Waals surface area (Å²) in [6, 6.07) is 17.5. The van der Waals surface area contributed by atoms with Crippen molar-refractivity contribution in [1.82, 2.24) is 4.98 Å². The lowest BCUT2D eigenvalue weighted by molar-refractivity contribution is 0.0997. The Morgan fingerprint density at radius 3 is 2.65 bits per heavy atom. The lowest BCUT2D eigenvalue weighted by Crippen LogP contribution is -2.11. The number of halogens is 1. The zero-order valence-corrected chi connectivity index (χ0v) is 14.3. The van der Waals surface area contributed by atoms with E-state index < -0.39 is 0 Å². The van der Waals surface area contributed by atoms with Gasteiger partial charge >= 0.3 is 0 Å². The molecule has 6 heteroatoms. The minimum Gasteiger partial charge on any atom is -0.459 e. The highest BCUT2D eigenvalue weighted by Crippen LogP contribution is 2.28. The van der Waals surface area contributed by atoms with Gasteiger partial charge in [-0.25, -0.2) is 9.37 Å². The first kappa shape index (κ1) is 16.2. The van der Waals surface area contributed by atoms with Crippen molar-refractivity contribution in [3.05, 3.63) is 83.9 Å². The van der Waals surface area contributed by atoms with Crippen molar-refractivity contribution < 1.29 is 13.6 Å². The summed E-state index contributed by atoms with van der Waals surface area (Å²) in [6.45, 7) is 0. The van der Waals surface area contributed by atoms with Gasteiger partial charge in [0.2, 0.25) is 0 Å². The van der Waals surface area contributed by atoms with Crippen LogP contribution < -0.4 is 5.32 Å². The molecule has 2 aromatic carbocycles. The molecule has 2 heterocycles. The molecule has 0 atom stereocenters. The van der Waals surface area contributed by atoms with Gasteiger partial charge in [-0.05, 0) is 23.8 Å². The molecule has 0 saturated carbocycles. The Morgan fingerprint density at radius 1 is 1.04 bits per heavy atom. The Morgan fingerprint density at radius 2 is 1.85 bits per heavy atom. The maximum Gasteiger partial charge on any atom is 0.293 e. The Labute approximate surface area is 152 Å². The van der Waals surface area contributed by atoms with E-state index in [1.54, 1.807) is 23.6 Å². The fraction of sp³-hybridized carbons (Fsp3) is 0. The maximum absolute atomic E-state index is 13.4. The SMILES string of the molecule is O=C(Nc1nc(-c2cccc(F)c2)cs1)c1occc1-c1ccccc1. The van der Waals surface area contributed by atoms with Crippen LogP contribution in [0.4, 0.5) is 9.52 Å². The van der Waals surface area contributed by atoms with Crippen molar-refractivity contribution in [2.24, 2.45) is 0 Å². The molecule has 0 saturated heterocycles. The highest BCUT2D eigenvalue weighted by Gasteiger charge is 2.18. The van der Waals surface area contributed by atoms with Crippen LogP contribution in [0.3, 0.4) is 0 Å². The summed E-state index contributed by atoms with van der Waals surface area (Å²) in [5.41, 5.74) is 2.87. The summed E-state index contributed by atoms with van der Waals surface area (Å²) in [4.78, 5) is 16.9. The molecular weight excluding hydrogens is 351 g/mol. The minimum absolute atomic E-state index is 0.221. The van der Waals surface area contributed by atoms with Gasteiger partial charge in [0.1, 0.15) is 5.82 Å². The van der Waals surface area contributed by atoms with E-state index in [2.05, 4.69) is 10.3 Å². The van der Waals surface area contributed by atoms with Crippen LogP contribution in [-0.4, -0.2) is 10.9 Å². The number of thiazole rings is 1. The molecule has 1 amide bonds. The van der Waals surface area contributed by atoms with Crippen molar-refractivity contribution in [1.29, 1.82) is 0 Å². The third-order valence-electron chi connectivity index (χ3n) is 3.80. The number of carbonyl (C=O) groups excluding carboxylic acids is 1. The number of nitrogens with zero attached hydrogens (tertiary/aromatic N) is 1. The van der Waals surface area contributed by atoms with E-state index in [9.17, 15) is 9.18 Å². The minimum atomic E-state index is -0.381. The van der Waals surface area contributed by atoms with Gasteiger partial charge in [-0.1, -0.05) is 42.5 Å². The van der Waals surface area contributed by atoms with E-state index in [1.165, 1.54) is 29.7 Å². The largest absolute Gasteiger partial charge is 0.459 e. The first-order valence-corrected chi connectivity index (χ1v) is 8.74. The number of rotatable bonds is 4. The Hall–Kier alpha value is -3.25. The molecule has 4 rings (SSSR count). The van der Waals surface area contributed by atoms with Crippen LogP contribution in [0.15, 0.2) is 76.7 Å². The summed E-state index contributed by atoms with van der Waals surface area (Å²) >= 11 is 1.27. The molecule has 0 radical (unpaired) electrons. The molecule has 0 aliphatic rings. The first-order chi connectivity index (χ1) is 12.7. The molecule has 0 unspecified atom stereocenters. The number of benzene rings is 2. The zero-order valence-electron chi connectivity index (χ0n) is 13.5. The second kappa shape index (κ2) is 6.93. The van der Waals surface area contributed by atoms with Crippen molar-refractivity contribution in [2.45, 2.75) is 0 Å². The number of nitrogens with one attached hydrogen (secondary N) is 1. The normalized spacial score (nSPS) is 10.7. The van der Waals surface area contributed by atoms with Crippen molar-refractivity contribution in [3.63, 3.8) is 0 Å². The van der Waals surface area contributed by atoms with Crippen molar-refractivity contribution in [2.75, 3.05) is 5.32 Å². The molecule has 4 aromatic rings. The van der Waals surface area contributed by atoms with Crippen molar-refractivity contribution in [3.8, 4) is 22.4 Å². The molecule has 2 aromatic heterocycles. The molecule has 4 nitrogen and oxygen atoms in total. The van der Waals surface area contributed by atoms with Gasteiger partial charge in [-0.3, -0.25) is 10.1 Å². The van der Waals surface area contributed by atoms with Crippen LogP contribution >= 0.6 is 11.3 Å². The summed E-state index contributed by atoms with van der Waals surface area (Å²) in [7, 11) is 0. The van der Waals surface area contributed by atoms with E-state index in [1.807, 2.05) is 30.3 Å². The molecule has 0 aliphatic carbocycles. The summed E-state index contributed by atoms with van der Waals surface area (Å²) in [5, 5.41) is 4.93. The second-order valence-corrected chi connectivity index (χ2v) is 6.39. The lowest BCUT2D eigenvalue weighted by Gasteiger charge is -2.03. The summed E-state index contributed by atoms with van der Waals surface area (Å²) in [6.07, 6.45) is 1.48. The third-order valence-corrected chi connectivity index (χ3v) is 4.56. The number of hydrogen-bond acceptors (Lipinski definition) is 4. The number of furan rings is 1. The third kappa shape index (κ3) is 3.27. The molecule has 0 fully saturated rings. The quantitative estimate of drug-likeness (QED) is 0.523. The number of hydrogen-bond donors (Lipinski definition) is 1. The van der Waals surface area contributed by atoms with Gasteiger partial charge < -0.3 is 4.42 Å². The van der Waals surface area contributed by atoms with E-state index in [4.69, 9.17) is 4.42 Å². The highest BCUT2D eigenvalue weighted by atomic mass is 32.1. The van der Waals surface area contributed by atoms with E-state index in [0.29, 0.717) is 22.0 Å². The van der Waals surface area contributed by atoms with Crippen molar-refractivity contribution >= 4 is 22.4 Å². The number of anilines is 1. The molecular formula is C20H13FN2O2S. The number of carbonyl (C=O) groups is 1. The standard InChI is InChI=1S/C20H13FN2O2S/c21-15-8-4-7-14(11-15)17-12-26-20(22-17)23-19(24)18-16(9-10-25-18)13-5-2-1-3-6-13/h1-12H,(H,22,23,24). The fourth-order valence-corrected chi connectivity index (χ4v) is 3.31. The monoisotopic (exact) mass is 364 g/mol. The number of aromatic nitrogens is 1. The van der Waals surface area contributed by atoms with Crippen LogP contribution in [0, 0.1) is 5.82 Å². The van der Waals surface area contributed by atoms with E-state index in [-0.39, 0.29) is 17.5 Å². The van der Waals surface area contributed by atoms with Gasteiger partial charge in [0, 0.05) is 16.5 Å². The molecule has 0 bridgehead atoms. The molecule has 1 N–H and O–H groups in total. The predicted molar refractivity (Wildman–Crippen MR) is 99.6 cm³/mol. The summed E-state index contributed by atoms with van der Waals surface area (Å²) < 4.78 is 18.7. The average Bonchev–Trinajstić information content (AvgIpc) is 3.32. The Balaban J connectivity index is 1.56. The summed E-state index contributed by atoms with van der Waals surface area (Å²) in [5.74, 6) is -0.489. The van der Waals surface area contributed by atoms with Crippen LogP contribution in [-0.2, 0) is 0 Å². The van der Waals surface area contributed by atoms with E-state index >= 15 is 0 Å². The Bertz CT molecular complexity index is 1060. The zero-order chi connectivity index (χ0) is 17.9. The van der Waals surface area contributed by atoms with Crippen LogP contribution in [0.2, 0.25) is 0 Å². The van der Waals surface area contributed by atoms with Gasteiger partial charge in [0.05, 0.1) is 12.0 Å². The van der Waals surface area contributed by atoms with Gasteiger partial charge in [0.15, 0.2) is 10.9 Å². The second-order valence-electron chi connectivity index (χ2n) is 5.53. The maximum atomic E-state index is 13.4. The lowest BCUT2D eigenvalue weighted by atomic mass is 10.1.